The zero-order chi connectivity index (χ0) is 21.4. The molecule has 0 bridgehead atoms. The maximum Gasteiger partial charge on any atom is 0.228 e. The molecule has 0 aliphatic carbocycles. The van der Waals surface area contributed by atoms with Crippen LogP contribution < -0.4 is 25.7 Å². The van der Waals surface area contributed by atoms with Crippen molar-refractivity contribution in [2.24, 2.45) is 0 Å². The minimum Gasteiger partial charge on any atom is -0.493 e. The third kappa shape index (κ3) is 3.32. The predicted octanol–water partition coefficient (Wildman–Crippen LogP) is 4.78. The molecule has 30 heavy (non-hydrogen) atoms. The number of nitrogen functional groups attached to an aromatic ring is 2. The van der Waals surface area contributed by atoms with E-state index in [1.165, 1.54) is 11.8 Å². The van der Waals surface area contributed by atoms with Crippen LogP contribution in [0.1, 0.15) is 21.9 Å². The minimum atomic E-state index is -0.329. The van der Waals surface area contributed by atoms with Crippen LogP contribution in [-0.4, -0.2) is 19.2 Å². The summed E-state index contributed by atoms with van der Waals surface area (Å²) in [7, 11) is 3.11. The number of thioether (sulfide) groups is 1. The van der Waals surface area contributed by atoms with Crippen molar-refractivity contribution in [2.75, 3.05) is 25.7 Å². The molecule has 9 heteroatoms. The average molecular weight is 441 g/mol. The predicted molar refractivity (Wildman–Crippen MR) is 117 cm³/mol. The summed E-state index contributed by atoms with van der Waals surface area (Å²) in [5.74, 6) is 1.89. The minimum absolute atomic E-state index is 0.0212. The first kappa shape index (κ1) is 20.0. The van der Waals surface area contributed by atoms with Crippen LogP contribution in [0.3, 0.4) is 0 Å². The molecule has 1 atom stereocenters. The first-order chi connectivity index (χ1) is 14.5. The second-order valence-corrected chi connectivity index (χ2v) is 8.03. The molecule has 2 aromatic carbocycles. The van der Waals surface area contributed by atoms with Crippen molar-refractivity contribution in [1.29, 1.82) is 5.26 Å². The Morgan fingerprint density at radius 2 is 1.80 bits per heavy atom. The maximum absolute atomic E-state index is 9.50. The molecular formula is C21H17ClN4O3S. The molecule has 7 nitrogen and oxygen atoms in total. The van der Waals surface area contributed by atoms with E-state index >= 15 is 0 Å². The number of methoxy groups -OCH3 is 2. The van der Waals surface area contributed by atoms with Gasteiger partial charge in [0.15, 0.2) is 11.5 Å². The molecule has 1 unspecified atom stereocenters. The molecule has 1 aliphatic heterocycles. The maximum atomic E-state index is 9.50. The topological polar surface area (TPSA) is 116 Å². The van der Waals surface area contributed by atoms with Gasteiger partial charge in [0.25, 0.3) is 0 Å². The first-order valence-corrected chi connectivity index (χ1v) is 10.1. The number of hydrogen-bond acceptors (Lipinski definition) is 8. The number of ether oxygens (including phenoxy) is 3. The Hall–Kier alpha value is -3.28. The summed E-state index contributed by atoms with van der Waals surface area (Å²) >= 11 is 7.56. The summed E-state index contributed by atoms with van der Waals surface area (Å²) in [6, 6.07) is 13.0. The number of nitrogens with two attached hydrogens (primary N) is 2. The fourth-order valence-electron chi connectivity index (χ4n) is 3.26. The number of benzene rings is 2. The fourth-order valence-corrected chi connectivity index (χ4v) is 4.61. The van der Waals surface area contributed by atoms with Gasteiger partial charge in [-0.05, 0) is 30.3 Å². The number of aromatic nitrogens is 1. The molecule has 0 saturated heterocycles. The molecule has 4 N–H and O–H groups in total. The van der Waals surface area contributed by atoms with Gasteiger partial charge in [-0.3, -0.25) is 0 Å². The van der Waals surface area contributed by atoms with Gasteiger partial charge in [0, 0.05) is 21.5 Å². The highest BCUT2D eigenvalue weighted by atomic mass is 35.5. The van der Waals surface area contributed by atoms with Crippen molar-refractivity contribution in [3.63, 3.8) is 0 Å². The number of pyridine rings is 1. The summed E-state index contributed by atoms with van der Waals surface area (Å²) in [6.07, 6.45) is 0. The van der Waals surface area contributed by atoms with Gasteiger partial charge in [0.1, 0.15) is 23.2 Å². The van der Waals surface area contributed by atoms with E-state index in [1.807, 2.05) is 36.4 Å². The van der Waals surface area contributed by atoms with E-state index in [2.05, 4.69) is 4.98 Å². The van der Waals surface area contributed by atoms with Gasteiger partial charge in [-0.25, -0.2) is 0 Å². The lowest BCUT2D eigenvalue weighted by Gasteiger charge is -2.29. The standard InChI is InChI=1S/C21H17ClN4O3S/c1-27-15-7-12-14(8-16(15)28-2)29-21-17(18(24)13(9-23)20(25)26-21)19(12)30-11-5-3-10(22)4-6-11/h3-8,19H,1-2H3,(H4,24,25,26). The van der Waals surface area contributed by atoms with Crippen LogP contribution >= 0.6 is 23.4 Å². The van der Waals surface area contributed by atoms with Crippen LogP contribution in [0, 0.1) is 11.3 Å². The number of nitriles is 1. The Morgan fingerprint density at radius 3 is 2.43 bits per heavy atom. The summed E-state index contributed by atoms with van der Waals surface area (Å²) in [6.45, 7) is 0. The Bertz CT molecular complexity index is 1180. The van der Waals surface area contributed by atoms with E-state index in [1.54, 1.807) is 20.3 Å². The average Bonchev–Trinajstić information content (AvgIpc) is 2.74. The van der Waals surface area contributed by atoms with Gasteiger partial charge >= 0.3 is 0 Å². The van der Waals surface area contributed by atoms with E-state index in [4.69, 9.17) is 37.3 Å². The first-order valence-electron chi connectivity index (χ1n) is 8.81. The zero-order valence-electron chi connectivity index (χ0n) is 16.1. The second-order valence-electron chi connectivity index (χ2n) is 6.42. The number of hydrogen-bond donors (Lipinski definition) is 2. The zero-order valence-corrected chi connectivity index (χ0v) is 17.7. The van der Waals surface area contributed by atoms with E-state index in [0.29, 0.717) is 27.8 Å². The highest BCUT2D eigenvalue weighted by molar-refractivity contribution is 7.99. The lowest BCUT2D eigenvalue weighted by molar-refractivity contribution is 0.349. The molecular weight excluding hydrogens is 424 g/mol. The summed E-state index contributed by atoms with van der Waals surface area (Å²) in [4.78, 5) is 5.25. The molecule has 4 rings (SSSR count). The van der Waals surface area contributed by atoms with Crippen molar-refractivity contribution in [3.8, 4) is 29.2 Å². The quantitative estimate of drug-likeness (QED) is 0.595. The summed E-state index contributed by atoms with van der Waals surface area (Å²) < 4.78 is 16.9. The lowest BCUT2D eigenvalue weighted by atomic mass is 9.98. The molecule has 0 amide bonds. The number of nitrogens with zero attached hydrogens (tertiary/aromatic N) is 2. The Kier molecular flexibility index (Phi) is 5.24. The molecule has 3 aromatic rings. The van der Waals surface area contributed by atoms with Gasteiger partial charge in [-0.15, -0.1) is 11.8 Å². The largest absolute Gasteiger partial charge is 0.493 e. The molecule has 0 spiro atoms. The van der Waals surface area contributed by atoms with Crippen molar-refractivity contribution in [1.82, 2.24) is 4.98 Å². The van der Waals surface area contributed by atoms with Gasteiger partial charge in [-0.2, -0.15) is 10.2 Å². The van der Waals surface area contributed by atoms with Gasteiger partial charge in [0.2, 0.25) is 5.88 Å². The number of fused-ring (bicyclic) bond motifs is 2. The number of anilines is 2. The van der Waals surface area contributed by atoms with Crippen LogP contribution in [0.5, 0.6) is 23.1 Å². The fraction of sp³-hybridized carbons (Fsp3) is 0.143. The van der Waals surface area contributed by atoms with Crippen LogP contribution in [0.15, 0.2) is 41.3 Å². The SMILES string of the molecule is COc1cc2c(cc1OC)C(Sc1ccc(Cl)cc1)c1c(nc(N)c(C#N)c1N)O2. The van der Waals surface area contributed by atoms with E-state index in [-0.39, 0.29) is 28.2 Å². The lowest BCUT2D eigenvalue weighted by Crippen LogP contribution is -2.15. The molecule has 0 fully saturated rings. The van der Waals surface area contributed by atoms with Crippen molar-refractivity contribution < 1.29 is 14.2 Å². The highest BCUT2D eigenvalue weighted by Crippen LogP contribution is 2.55. The van der Waals surface area contributed by atoms with Crippen LogP contribution in [-0.2, 0) is 0 Å². The Labute approximate surface area is 182 Å². The Balaban J connectivity index is 1.94. The number of halogens is 1. The third-order valence-electron chi connectivity index (χ3n) is 4.71. The molecule has 0 saturated carbocycles. The third-order valence-corrected chi connectivity index (χ3v) is 6.24. The van der Waals surface area contributed by atoms with Crippen molar-refractivity contribution >= 4 is 34.9 Å². The normalized spacial score (nSPS) is 14.1. The molecule has 0 radical (unpaired) electrons. The van der Waals surface area contributed by atoms with E-state index in [9.17, 15) is 5.26 Å². The Morgan fingerprint density at radius 1 is 1.13 bits per heavy atom. The molecule has 1 aromatic heterocycles. The van der Waals surface area contributed by atoms with Gasteiger partial charge < -0.3 is 25.7 Å². The van der Waals surface area contributed by atoms with E-state index < -0.39 is 0 Å². The van der Waals surface area contributed by atoms with Crippen LogP contribution in [0.25, 0.3) is 0 Å². The molecule has 1 aliphatic rings. The summed E-state index contributed by atoms with van der Waals surface area (Å²) in [5, 5.41) is 9.81. The van der Waals surface area contributed by atoms with Crippen molar-refractivity contribution in [3.05, 3.63) is 58.1 Å². The van der Waals surface area contributed by atoms with E-state index in [0.717, 1.165) is 10.5 Å². The molecule has 2 heterocycles. The van der Waals surface area contributed by atoms with Gasteiger partial charge in [-0.1, -0.05) is 11.6 Å². The second kappa shape index (κ2) is 7.86. The van der Waals surface area contributed by atoms with Crippen LogP contribution in [0.4, 0.5) is 11.5 Å². The molecule has 152 valence electrons. The van der Waals surface area contributed by atoms with Gasteiger partial charge in [0.05, 0.1) is 30.7 Å². The monoisotopic (exact) mass is 440 g/mol. The van der Waals surface area contributed by atoms with Crippen molar-refractivity contribution in [2.45, 2.75) is 10.1 Å². The number of rotatable bonds is 4. The smallest absolute Gasteiger partial charge is 0.228 e. The highest BCUT2D eigenvalue weighted by Gasteiger charge is 2.34. The summed E-state index contributed by atoms with van der Waals surface area (Å²) in [5.41, 5.74) is 14.0. The van der Waals surface area contributed by atoms with Crippen LogP contribution in [0.2, 0.25) is 5.02 Å².